The molecule has 2 aromatic heterocycles. The Bertz CT molecular complexity index is 699. The van der Waals surface area contributed by atoms with Crippen molar-refractivity contribution in [2.75, 3.05) is 6.61 Å². The molecule has 4 N–H and O–H groups in total. The fourth-order valence-corrected chi connectivity index (χ4v) is 2.84. The maximum absolute atomic E-state index is 11.7. The number of hydrogen-bond donors (Lipinski definition) is 4. The number of fused-ring (bicyclic) bond motifs is 1. The highest BCUT2D eigenvalue weighted by Gasteiger charge is 2.43. The minimum Gasteiger partial charge on any atom is -0.394 e. The highest BCUT2D eigenvalue weighted by Crippen LogP contribution is 2.32. The van der Waals surface area contributed by atoms with Crippen LogP contribution in [0.3, 0.4) is 0 Å². The Morgan fingerprint density at radius 2 is 2.20 bits per heavy atom. The summed E-state index contributed by atoms with van der Waals surface area (Å²) >= 11 is 3.30. The van der Waals surface area contributed by atoms with Gasteiger partial charge in [0.05, 0.1) is 22.9 Å². The zero-order valence-electron chi connectivity index (χ0n) is 10.1. The maximum atomic E-state index is 11.7. The van der Waals surface area contributed by atoms with Crippen LogP contribution >= 0.6 is 15.9 Å². The molecular formula is C11H12BrN3O5. The lowest BCUT2D eigenvalue weighted by Gasteiger charge is -2.17. The van der Waals surface area contributed by atoms with E-state index in [1.54, 1.807) is 0 Å². The van der Waals surface area contributed by atoms with E-state index in [1.807, 2.05) is 0 Å². The molecule has 1 fully saturated rings. The Morgan fingerprint density at radius 1 is 1.45 bits per heavy atom. The monoisotopic (exact) mass is 345 g/mol. The summed E-state index contributed by atoms with van der Waals surface area (Å²) in [6.45, 7) is -0.414. The van der Waals surface area contributed by atoms with E-state index in [0.717, 1.165) is 0 Å². The Balaban J connectivity index is 2.12. The highest BCUT2D eigenvalue weighted by molar-refractivity contribution is 9.10. The number of hydrogen-bond acceptors (Lipinski definition) is 6. The Kier molecular flexibility index (Phi) is 3.38. The van der Waals surface area contributed by atoms with Gasteiger partial charge in [-0.25, -0.2) is 4.98 Å². The number of aromatic amines is 1. The first-order valence-electron chi connectivity index (χ1n) is 5.90. The number of pyridine rings is 1. The van der Waals surface area contributed by atoms with E-state index >= 15 is 0 Å². The van der Waals surface area contributed by atoms with E-state index in [0.29, 0.717) is 9.99 Å². The second-order valence-electron chi connectivity index (χ2n) is 4.54. The summed E-state index contributed by atoms with van der Waals surface area (Å²) in [5.41, 5.74) is 0.273. The van der Waals surface area contributed by atoms with Crippen LogP contribution in [-0.2, 0) is 4.74 Å². The third kappa shape index (κ3) is 1.90. The molecule has 0 spiro atoms. The summed E-state index contributed by atoms with van der Waals surface area (Å²) in [7, 11) is 0. The topological polar surface area (TPSA) is 121 Å². The predicted molar refractivity (Wildman–Crippen MR) is 71.1 cm³/mol. The number of aliphatic hydroxyl groups excluding tert-OH is 3. The molecule has 0 unspecified atom stereocenters. The van der Waals surface area contributed by atoms with Crippen molar-refractivity contribution >= 4 is 27.0 Å². The third-order valence-electron chi connectivity index (χ3n) is 3.36. The maximum Gasteiger partial charge on any atom is 0.276 e. The first-order chi connectivity index (χ1) is 9.54. The van der Waals surface area contributed by atoms with Crippen LogP contribution in [0.1, 0.15) is 6.23 Å². The van der Waals surface area contributed by atoms with Gasteiger partial charge in [-0.2, -0.15) is 0 Å². The molecule has 1 aliphatic heterocycles. The number of ether oxygens (including phenoxy) is 1. The smallest absolute Gasteiger partial charge is 0.276 e. The fourth-order valence-electron chi connectivity index (χ4n) is 2.33. The van der Waals surface area contributed by atoms with Gasteiger partial charge in [-0.3, -0.25) is 9.36 Å². The highest BCUT2D eigenvalue weighted by atomic mass is 79.9. The standard InChI is InChI=1S/C11H12BrN3O5/c12-4-1-13-10(19)6-7(4)15(3-14-6)11-9(18)8(17)5(2-16)20-11/h1,3,5,8-9,11,16-18H,2H2,(H,13,19)/t5-,8-,9-,11-/m1/s1. The van der Waals surface area contributed by atoms with Crippen molar-refractivity contribution in [3.63, 3.8) is 0 Å². The van der Waals surface area contributed by atoms with Crippen LogP contribution in [0.15, 0.2) is 21.8 Å². The molecule has 0 amide bonds. The van der Waals surface area contributed by atoms with Gasteiger partial charge in [0, 0.05) is 6.20 Å². The van der Waals surface area contributed by atoms with Gasteiger partial charge in [0.1, 0.15) is 18.3 Å². The van der Waals surface area contributed by atoms with Gasteiger partial charge in [-0.15, -0.1) is 0 Å². The molecule has 2 aromatic rings. The molecule has 4 atom stereocenters. The molecule has 1 saturated heterocycles. The molecule has 108 valence electrons. The summed E-state index contributed by atoms with van der Waals surface area (Å²) in [6.07, 6.45) is -1.42. The molecule has 9 heteroatoms. The summed E-state index contributed by atoms with van der Waals surface area (Å²) in [5, 5.41) is 28.9. The Hall–Kier alpha value is -1.26. The number of aliphatic hydroxyl groups is 3. The average molecular weight is 346 g/mol. The van der Waals surface area contributed by atoms with E-state index in [9.17, 15) is 15.0 Å². The predicted octanol–water partition coefficient (Wildman–Crippen LogP) is -0.901. The number of rotatable bonds is 2. The molecule has 3 heterocycles. The second-order valence-corrected chi connectivity index (χ2v) is 5.40. The van der Waals surface area contributed by atoms with Gasteiger partial charge in [0.15, 0.2) is 11.7 Å². The van der Waals surface area contributed by atoms with E-state index < -0.39 is 31.1 Å². The number of halogens is 1. The molecule has 20 heavy (non-hydrogen) atoms. The van der Waals surface area contributed by atoms with Crippen molar-refractivity contribution < 1.29 is 20.1 Å². The van der Waals surface area contributed by atoms with Gasteiger partial charge >= 0.3 is 0 Å². The minimum atomic E-state index is -1.23. The molecule has 0 aliphatic carbocycles. The van der Waals surface area contributed by atoms with E-state index in [2.05, 4.69) is 25.9 Å². The van der Waals surface area contributed by atoms with Gasteiger partial charge < -0.3 is 25.0 Å². The van der Waals surface area contributed by atoms with E-state index in [4.69, 9.17) is 9.84 Å². The minimum absolute atomic E-state index is 0.192. The van der Waals surface area contributed by atoms with Gasteiger partial charge in [0.25, 0.3) is 5.56 Å². The summed E-state index contributed by atoms with van der Waals surface area (Å²) in [6, 6.07) is 0. The van der Waals surface area contributed by atoms with Crippen molar-refractivity contribution in [3.05, 3.63) is 27.4 Å². The molecule has 0 bridgehead atoms. The quantitative estimate of drug-likeness (QED) is 0.559. The fraction of sp³-hybridized carbons (Fsp3) is 0.455. The molecule has 1 aliphatic rings. The molecule has 0 aromatic carbocycles. The Labute approximate surface area is 120 Å². The summed E-state index contributed by atoms with van der Waals surface area (Å²) in [5.74, 6) is 0. The van der Waals surface area contributed by atoms with Gasteiger partial charge in [-0.05, 0) is 15.9 Å². The van der Waals surface area contributed by atoms with Gasteiger partial charge in [-0.1, -0.05) is 0 Å². The first-order valence-corrected chi connectivity index (χ1v) is 6.70. The lowest BCUT2D eigenvalue weighted by atomic mass is 10.1. The summed E-state index contributed by atoms with van der Waals surface area (Å²) < 4.78 is 7.45. The van der Waals surface area contributed by atoms with Crippen LogP contribution in [0.25, 0.3) is 11.0 Å². The number of aromatic nitrogens is 3. The molecule has 8 nitrogen and oxygen atoms in total. The molecule has 3 rings (SSSR count). The van der Waals surface area contributed by atoms with Crippen LogP contribution in [0.4, 0.5) is 0 Å². The first kappa shape index (κ1) is 13.7. The molecular weight excluding hydrogens is 334 g/mol. The number of H-pyrrole nitrogens is 1. The largest absolute Gasteiger partial charge is 0.394 e. The van der Waals surface area contributed by atoms with Crippen LogP contribution in [0, 0.1) is 0 Å². The van der Waals surface area contributed by atoms with E-state index in [1.165, 1.54) is 17.1 Å². The second kappa shape index (κ2) is 4.93. The van der Waals surface area contributed by atoms with Crippen molar-refractivity contribution in [2.24, 2.45) is 0 Å². The SMILES string of the molecule is O=c1[nH]cc(Br)c2c1ncn2[C@@H]1O[C@H](CO)[C@@H](O)[C@H]1O. The van der Waals surface area contributed by atoms with Crippen molar-refractivity contribution in [1.29, 1.82) is 0 Å². The molecule has 0 radical (unpaired) electrons. The van der Waals surface area contributed by atoms with Crippen LogP contribution in [-0.4, -0.2) is 54.8 Å². The number of nitrogens with one attached hydrogen (secondary N) is 1. The van der Waals surface area contributed by atoms with Gasteiger partial charge in [0.2, 0.25) is 0 Å². The zero-order chi connectivity index (χ0) is 14.4. The van der Waals surface area contributed by atoms with Crippen LogP contribution < -0.4 is 5.56 Å². The number of imidazole rings is 1. The zero-order valence-corrected chi connectivity index (χ0v) is 11.7. The van der Waals surface area contributed by atoms with Crippen molar-refractivity contribution in [2.45, 2.75) is 24.5 Å². The summed E-state index contributed by atoms with van der Waals surface area (Å²) in [4.78, 5) is 18.2. The number of nitrogens with zero attached hydrogens (tertiary/aromatic N) is 2. The third-order valence-corrected chi connectivity index (χ3v) is 3.96. The lowest BCUT2D eigenvalue weighted by molar-refractivity contribution is -0.0509. The van der Waals surface area contributed by atoms with Crippen LogP contribution in [0.5, 0.6) is 0 Å². The van der Waals surface area contributed by atoms with Crippen molar-refractivity contribution in [1.82, 2.24) is 14.5 Å². The lowest BCUT2D eigenvalue weighted by Crippen LogP contribution is -2.33. The average Bonchev–Trinajstić information content (AvgIpc) is 2.99. The molecule has 0 saturated carbocycles. The van der Waals surface area contributed by atoms with Crippen LogP contribution in [0.2, 0.25) is 0 Å². The van der Waals surface area contributed by atoms with Crippen molar-refractivity contribution in [3.8, 4) is 0 Å². The Morgan fingerprint density at radius 3 is 2.85 bits per heavy atom. The normalized spacial score (nSPS) is 30.2. The van der Waals surface area contributed by atoms with E-state index in [-0.39, 0.29) is 11.1 Å².